The number of rotatable bonds is 16. The fraction of sp³-hybridized carbons (Fsp3) is 0.400. The van der Waals surface area contributed by atoms with Crippen molar-refractivity contribution in [1.82, 2.24) is 15.0 Å². The molecule has 14 heteroatoms. The first-order valence-corrected chi connectivity index (χ1v) is 16.0. The van der Waals surface area contributed by atoms with Crippen molar-refractivity contribution >= 4 is 33.2 Å². The average Bonchev–Trinajstić information content (AvgIpc) is 2.97. The van der Waals surface area contributed by atoms with Gasteiger partial charge in [0.1, 0.15) is 11.9 Å². The molecule has 4 atom stereocenters. The van der Waals surface area contributed by atoms with Crippen LogP contribution in [0.3, 0.4) is 0 Å². The van der Waals surface area contributed by atoms with Crippen LogP contribution in [0.1, 0.15) is 44.2 Å². The first-order valence-electron chi connectivity index (χ1n) is 14.1. The molecule has 0 aliphatic heterocycles. The Balaban J connectivity index is 1.85. The molecule has 0 spiro atoms. The Hall–Kier alpha value is -3.58. The average molecular weight is 646 g/mol. The number of carbonyl (C=O) groups is 1. The minimum Gasteiger partial charge on any atom is -0.392 e. The molecular formula is C30H37ClFN7O4S. The van der Waals surface area contributed by atoms with Crippen molar-refractivity contribution in [3.63, 3.8) is 0 Å². The lowest BCUT2D eigenvalue weighted by molar-refractivity contribution is -0.118. The topological polar surface area (TPSA) is 169 Å². The van der Waals surface area contributed by atoms with Crippen LogP contribution in [-0.4, -0.2) is 55.7 Å². The Kier molecular flexibility index (Phi) is 13.1. The quantitative estimate of drug-likeness (QED) is 0.0950. The van der Waals surface area contributed by atoms with Crippen molar-refractivity contribution in [2.75, 3.05) is 18.4 Å². The number of nitrogens with zero attached hydrogens (tertiary/aromatic N) is 4. The number of nitrogens with one attached hydrogen (secondary N) is 3. The number of aliphatic hydroxyl groups excluding tert-OH is 1. The number of sulfonamides is 1. The summed E-state index contributed by atoms with van der Waals surface area (Å²) in [6.07, 6.45) is 1.81. The maximum absolute atomic E-state index is 15.2. The second kappa shape index (κ2) is 16.5. The van der Waals surface area contributed by atoms with E-state index in [1.165, 1.54) is 18.3 Å². The normalized spacial score (nSPS) is 14.3. The number of hydrogen-bond donors (Lipinski definition) is 4. The Morgan fingerprint density at radius 3 is 2.39 bits per heavy atom. The molecule has 3 aromatic rings. The zero-order valence-corrected chi connectivity index (χ0v) is 26.3. The number of amides is 1. The molecule has 44 heavy (non-hydrogen) atoms. The van der Waals surface area contributed by atoms with E-state index in [1.54, 1.807) is 49.4 Å². The van der Waals surface area contributed by atoms with Crippen LogP contribution in [0, 0.1) is 11.7 Å². The second-order valence-corrected chi connectivity index (χ2v) is 12.9. The maximum atomic E-state index is 15.2. The van der Waals surface area contributed by atoms with Crippen molar-refractivity contribution in [3.8, 4) is 0 Å². The van der Waals surface area contributed by atoms with Crippen molar-refractivity contribution < 1.29 is 22.7 Å². The molecule has 0 aliphatic carbocycles. The lowest BCUT2D eigenvalue weighted by Gasteiger charge is -2.27. The maximum Gasteiger partial charge on any atom is 0.240 e. The van der Waals surface area contributed by atoms with E-state index in [9.17, 15) is 23.8 Å². The molecular weight excluding hydrogens is 609 g/mol. The van der Waals surface area contributed by atoms with Gasteiger partial charge in [0.2, 0.25) is 15.9 Å². The monoisotopic (exact) mass is 645 g/mol. The summed E-state index contributed by atoms with van der Waals surface area (Å²) in [7, 11) is -3.90. The SMILES string of the molecule is CC(C)[C@H](c1ccc(Cl)cc1)C(N=[N+]=[N-])C(=O)Nc1cncc(F)c1CC[C@@H](CNC[C@@H](C)O)NS(=O)(=O)c1ccccc1. The third-order valence-corrected chi connectivity index (χ3v) is 8.76. The van der Waals surface area contributed by atoms with E-state index < -0.39 is 45.9 Å². The molecule has 0 saturated carbocycles. The molecule has 1 heterocycles. The van der Waals surface area contributed by atoms with E-state index in [2.05, 4.69) is 30.4 Å². The summed E-state index contributed by atoms with van der Waals surface area (Å²) in [6.45, 7) is 5.76. The van der Waals surface area contributed by atoms with Gasteiger partial charge in [-0.15, -0.1) is 0 Å². The number of carbonyl (C=O) groups excluding carboxylic acids is 1. The van der Waals surface area contributed by atoms with Crippen LogP contribution >= 0.6 is 11.6 Å². The highest BCUT2D eigenvalue weighted by Crippen LogP contribution is 2.32. The van der Waals surface area contributed by atoms with E-state index in [4.69, 9.17) is 11.6 Å². The highest BCUT2D eigenvalue weighted by atomic mass is 35.5. The Morgan fingerprint density at radius 2 is 1.77 bits per heavy atom. The van der Waals surface area contributed by atoms with Gasteiger partial charge in [0.05, 0.1) is 29.1 Å². The van der Waals surface area contributed by atoms with Crippen LogP contribution in [0.15, 0.2) is 77.0 Å². The Labute approximate surface area is 261 Å². The summed E-state index contributed by atoms with van der Waals surface area (Å²) < 4.78 is 43.9. The predicted molar refractivity (Wildman–Crippen MR) is 168 cm³/mol. The van der Waals surface area contributed by atoms with Gasteiger partial charge in [-0.25, -0.2) is 17.5 Å². The molecule has 1 aromatic heterocycles. The van der Waals surface area contributed by atoms with Gasteiger partial charge in [0.25, 0.3) is 0 Å². The first kappa shape index (κ1) is 34.9. The second-order valence-electron chi connectivity index (χ2n) is 10.8. The molecule has 0 bridgehead atoms. The molecule has 11 nitrogen and oxygen atoms in total. The fourth-order valence-corrected chi connectivity index (χ4v) is 6.28. The van der Waals surface area contributed by atoms with Gasteiger partial charge in [-0.3, -0.25) is 9.78 Å². The number of azide groups is 1. The molecule has 1 amide bonds. The van der Waals surface area contributed by atoms with Gasteiger partial charge >= 0.3 is 0 Å². The van der Waals surface area contributed by atoms with Crippen LogP contribution in [0.5, 0.6) is 0 Å². The molecule has 0 saturated heterocycles. The van der Waals surface area contributed by atoms with E-state index in [-0.39, 0.29) is 48.0 Å². The predicted octanol–water partition coefficient (Wildman–Crippen LogP) is 5.18. The molecule has 236 valence electrons. The highest BCUT2D eigenvalue weighted by Gasteiger charge is 2.32. The van der Waals surface area contributed by atoms with Gasteiger partial charge in [-0.2, -0.15) is 0 Å². The van der Waals surface area contributed by atoms with Crippen molar-refractivity contribution in [2.24, 2.45) is 11.0 Å². The highest BCUT2D eigenvalue weighted by molar-refractivity contribution is 7.89. The number of aliphatic hydroxyl groups is 1. The minimum absolute atomic E-state index is 0.0271. The van der Waals surface area contributed by atoms with Crippen LogP contribution in [-0.2, 0) is 21.2 Å². The van der Waals surface area contributed by atoms with Gasteiger partial charge in [0, 0.05) is 40.5 Å². The minimum atomic E-state index is -3.90. The lowest BCUT2D eigenvalue weighted by atomic mass is 9.82. The molecule has 3 rings (SSSR count). The van der Waals surface area contributed by atoms with Crippen LogP contribution < -0.4 is 15.4 Å². The van der Waals surface area contributed by atoms with Gasteiger partial charge in [0.15, 0.2) is 0 Å². The molecule has 2 aromatic carbocycles. The number of hydrogen-bond acceptors (Lipinski definition) is 7. The van der Waals surface area contributed by atoms with Gasteiger partial charge in [-0.05, 0) is 61.0 Å². The Morgan fingerprint density at radius 1 is 1.09 bits per heavy atom. The molecule has 0 radical (unpaired) electrons. The largest absolute Gasteiger partial charge is 0.392 e. The van der Waals surface area contributed by atoms with Crippen molar-refractivity contribution in [3.05, 3.63) is 99.4 Å². The number of halogens is 2. The van der Waals surface area contributed by atoms with Crippen LogP contribution in [0.4, 0.5) is 10.1 Å². The summed E-state index contributed by atoms with van der Waals surface area (Å²) in [4.78, 5) is 20.4. The summed E-state index contributed by atoms with van der Waals surface area (Å²) in [5, 5.41) is 19.7. The number of pyridine rings is 1. The Bertz CT molecular complexity index is 1540. The summed E-state index contributed by atoms with van der Waals surface area (Å²) >= 11 is 6.04. The zero-order valence-electron chi connectivity index (χ0n) is 24.7. The van der Waals surface area contributed by atoms with Crippen molar-refractivity contribution in [2.45, 2.75) is 62.6 Å². The van der Waals surface area contributed by atoms with Gasteiger partial charge < -0.3 is 15.7 Å². The van der Waals surface area contributed by atoms with E-state index in [0.717, 1.165) is 11.8 Å². The number of aromatic nitrogens is 1. The summed E-state index contributed by atoms with van der Waals surface area (Å²) in [6, 6.07) is 12.9. The zero-order chi connectivity index (χ0) is 32.3. The van der Waals surface area contributed by atoms with E-state index in [1.807, 2.05) is 13.8 Å². The fourth-order valence-electron chi connectivity index (χ4n) is 4.86. The summed E-state index contributed by atoms with van der Waals surface area (Å²) in [5.41, 5.74) is 10.2. The van der Waals surface area contributed by atoms with Gasteiger partial charge in [-0.1, -0.05) is 60.9 Å². The molecule has 1 unspecified atom stereocenters. The number of benzene rings is 2. The number of anilines is 1. The summed E-state index contributed by atoms with van der Waals surface area (Å²) in [5.74, 6) is -1.96. The molecule has 0 aliphatic rings. The van der Waals surface area contributed by atoms with Crippen molar-refractivity contribution in [1.29, 1.82) is 0 Å². The standard InChI is InChI=1S/C30H37ClFN7O4S/c1-19(2)28(21-9-11-22(31)12-10-21)29(37-39-33)30(41)36-27-18-35-17-26(32)25(27)14-13-23(16-34-15-20(3)40)38-44(42,43)24-7-5-4-6-8-24/h4-12,17-20,23,28-29,34,38,40H,13-16H2,1-3H3,(H,36,41)/t20-,23+,28-,29?/m1/s1. The van der Waals surface area contributed by atoms with Crippen LogP contribution in [0.2, 0.25) is 5.02 Å². The third kappa shape index (κ3) is 9.98. The van der Waals surface area contributed by atoms with E-state index in [0.29, 0.717) is 5.02 Å². The third-order valence-electron chi connectivity index (χ3n) is 6.97. The van der Waals surface area contributed by atoms with E-state index >= 15 is 4.39 Å². The molecule has 4 N–H and O–H groups in total. The lowest BCUT2D eigenvalue weighted by Crippen LogP contribution is -2.43. The molecule has 0 fully saturated rings. The first-order chi connectivity index (χ1) is 20.9. The van der Waals surface area contributed by atoms with Crippen LogP contribution in [0.25, 0.3) is 10.4 Å². The smallest absolute Gasteiger partial charge is 0.240 e.